The highest BCUT2D eigenvalue weighted by Crippen LogP contribution is 2.15. The van der Waals surface area contributed by atoms with Crippen molar-refractivity contribution >= 4 is 29.2 Å². The van der Waals surface area contributed by atoms with Crippen LogP contribution in [0.25, 0.3) is 0 Å². The lowest BCUT2D eigenvalue weighted by molar-refractivity contribution is 0.0691. The maximum atomic E-state index is 10.6. The highest BCUT2D eigenvalue weighted by Gasteiger charge is 2.10. The van der Waals surface area contributed by atoms with E-state index < -0.39 is 5.97 Å². The summed E-state index contributed by atoms with van der Waals surface area (Å²) in [6, 6.07) is 11.9. The molecule has 2 aromatic rings. The van der Waals surface area contributed by atoms with Gasteiger partial charge in [0, 0.05) is 12.6 Å². The van der Waals surface area contributed by atoms with Crippen molar-refractivity contribution in [2.45, 2.75) is 0 Å². The molecule has 21 heavy (non-hydrogen) atoms. The lowest BCUT2D eigenvalue weighted by Crippen LogP contribution is -2.09. The maximum absolute atomic E-state index is 10.6. The average molecular weight is 308 g/mol. The molecule has 2 rings (SSSR count). The molecular formula is C14H14ClN3O3. The molecule has 0 fully saturated rings. The fourth-order valence-corrected chi connectivity index (χ4v) is 1.55. The third-order valence-electron chi connectivity index (χ3n) is 2.39. The molecule has 0 radical (unpaired) electrons. The Morgan fingerprint density at radius 1 is 1.19 bits per heavy atom. The number of aromatic carboxylic acids is 1. The topological polar surface area (TPSA) is 105 Å². The molecule has 0 saturated carbocycles. The van der Waals surface area contributed by atoms with Gasteiger partial charge in [-0.25, -0.2) is 9.78 Å². The van der Waals surface area contributed by atoms with Gasteiger partial charge in [0.05, 0.1) is 5.69 Å². The van der Waals surface area contributed by atoms with Crippen molar-refractivity contribution in [2.75, 3.05) is 12.4 Å². The molecule has 110 valence electrons. The quantitative estimate of drug-likeness (QED) is 0.754. The number of carboxylic acid groups (broad SMARTS) is 1. The Morgan fingerprint density at radius 3 is 2.24 bits per heavy atom. The van der Waals surface area contributed by atoms with E-state index in [9.17, 15) is 9.59 Å². The van der Waals surface area contributed by atoms with E-state index in [1.165, 1.54) is 6.07 Å². The number of rotatable bonds is 3. The number of amides is 1. The molecule has 1 aromatic carbocycles. The summed E-state index contributed by atoms with van der Waals surface area (Å²) in [5.74, 6) is -1.47. The van der Waals surface area contributed by atoms with Crippen LogP contribution in [0.2, 0.25) is 5.15 Å². The number of nitrogens with two attached hydrogens (primary N) is 1. The summed E-state index contributed by atoms with van der Waals surface area (Å²) in [6.45, 7) is 0. The van der Waals surface area contributed by atoms with Gasteiger partial charge in [0.2, 0.25) is 5.91 Å². The minimum Gasteiger partial charge on any atom is -0.476 e. The van der Waals surface area contributed by atoms with Gasteiger partial charge in [0.15, 0.2) is 5.69 Å². The predicted octanol–water partition coefficient (Wildman–Crippen LogP) is 2.26. The van der Waals surface area contributed by atoms with Crippen LogP contribution in [0.5, 0.6) is 0 Å². The Labute approximate surface area is 126 Å². The van der Waals surface area contributed by atoms with Crippen LogP contribution in [0.15, 0.2) is 42.5 Å². The number of hydrogen-bond acceptors (Lipinski definition) is 4. The molecule has 0 unspecified atom stereocenters. The summed E-state index contributed by atoms with van der Waals surface area (Å²) in [7, 11) is 1.62. The first-order valence-corrected chi connectivity index (χ1v) is 6.26. The molecule has 7 heteroatoms. The first-order chi connectivity index (χ1) is 9.95. The Balaban J connectivity index is 0.000000219. The number of halogens is 1. The third-order valence-corrected chi connectivity index (χ3v) is 2.60. The highest BCUT2D eigenvalue weighted by molar-refractivity contribution is 6.29. The average Bonchev–Trinajstić information content (AvgIpc) is 2.48. The van der Waals surface area contributed by atoms with Crippen molar-refractivity contribution < 1.29 is 14.7 Å². The summed E-state index contributed by atoms with van der Waals surface area (Å²) in [4.78, 5) is 24.6. The van der Waals surface area contributed by atoms with E-state index in [1.54, 1.807) is 37.4 Å². The summed E-state index contributed by atoms with van der Waals surface area (Å²) in [6.07, 6.45) is 0. The van der Waals surface area contributed by atoms with Crippen LogP contribution < -0.4 is 11.1 Å². The van der Waals surface area contributed by atoms with Gasteiger partial charge in [-0.2, -0.15) is 0 Å². The van der Waals surface area contributed by atoms with Crippen molar-refractivity contribution in [1.29, 1.82) is 0 Å². The monoisotopic (exact) mass is 307 g/mol. The molecule has 0 bridgehead atoms. The molecular weight excluding hydrogens is 294 g/mol. The van der Waals surface area contributed by atoms with Gasteiger partial charge in [-0.1, -0.05) is 29.8 Å². The van der Waals surface area contributed by atoms with E-state index >= 15 is 0 Å². The van der Waals surface area contributed by atoms with Crippen LogP contribution in [-0.4, -0.2) is 29.0 Å². The lowest BCUT2D eigenvalue weighted by atomic mass is 10.2. The van der Waals surface area contributed by atoms with Crippen LogP contribution in [0.3, 0.4) is 0 Å². The van der Waals surface area contributed by atoms with Crippen LogP contribution in [0, 0.1) is 0 Å². The van der Waals surface area contributed by atoms with Crippen LogP contribution in [0.4, 0.5) is 5.69 Å². The molecule has 1 amide bonds. The maximum Gasteiger partial charge on any atom is 0.356 e. The first-order valence-electron chi connectivity index (χ1n) is 5.88. The lowest BCUT2D eigenvalue weighted by Gasteiger charge is -2.03. The van der Waals surface area contributed by atoms with E-state index in [4.69, 9.17) is 22.4 Å². The van der Waals surface area contributed by atoms with Crippen molar-refractivity contribution in [3.8, 4) is 0 Å². The zero-order valence-electron chi connectivity index (χ0n) is 11.2. The minimum atomic E-state index is -1.10. The van der Waals surface area contributed by atoms with E-state index in [0.717, 1.165) is 0 Å². The molecule has 0 spiro atoms. The fourth-order valence-electron chi connectivity index (χ4n) is 1.40. The van der Waals surface area contributed by atoms with E-state index in [0.29, 0.717) is 11.3 Å². The summed E-state index contributed by atoms with van der Waals surface area (Å²) < 4.78 is 0. The van der Waals surface area contributed by atoms with Crippen molar-refractivity contribution in [3.63, 3.8) is 0 Å². The van der Waals surface area contributed by atoms with Gasteiger partial charge < -0.3 is 16.2 Å². The summed E-state index contributed by atoms with van der Waals surface area (Å²) >= 11 is 5.52. The Hall–Kier alpha value is -2.60. The van der Waals surface area contributed by atoms with Crippen LogP contribution in [0.1, 0.15) is 20.8 Å². The standard InChI is InChI=1S/C7H7ClN2O2.C7H7NO/c1-9-4-2-3-5(8)10-6(4)7(11)12;8-7(9)6-4-2-1-3-5-6/h2-3,9H,1H3,(H,11,12);1-5H,(H2,8,9). The largest absolute Gasteiger partial charge is 0.476 e. The number of nitrogens with zero attached hydrogens (tertiary/aromatic N) is 1. The zero-order valence-corrected chi connectivity index (χ0v) is 12.0. The number of carbonyl (C=O) groups excluding carboxylic acids is 1. The van der Waals surface area contributed by atoms with E-state index in [-0.39, 0.29) is 16.8 Å². The number of pyridine rings is 1. The number of carbonyl (C=O) groups is 2. The van der Waals surface area contributed by atoms with Gasteiger partial charge in [-0.3, -0.25) is 4.79 Å². The molecule has 0 aliphatic rings. The van der Waals surface area contributed by atoms with Crippen molar-refractivity contribution in [1.82, 2.24) is 4.98 Å². The van der Waals surface area contributed by atoms with Gasteiger partial charge >= 0.3 is 5.97 Å². The second-order valence-corrected chi connectivity index (χ2v) is 4.20. The SMILES string of the molecule is CNc1ccc(Cl)nc1C(=O)O.NC(=O)c1ccccc1. The second kappa shape index (κ2) is 7.86. The molecule has 0 aliphatic carbocycles. The fraction of sp³-hybridized carbons (Fsp3) is 0.0714. The molecule has 0 atom stereocenters. The smallest absolute Gasteiger partial charge is 0.356 e. The number of hydrogen-bond donors (Lipinski definition) is 3. The number of nitrogens with one attached hydrogen (secondary N) is 1. The van der Waals surface area contributed by atoms with Crippen molar-refractivity contribution in [3.05, 3.63) is 58.9 Å². The normalized spacial score (nSPS) is 9.24. The van der Waals surface area contributed by atoms with Gasteiger partial charge in [-0.15, -0.1) is 0 Å². The number of primary amides is 1. The van der Waals surface area contributed by atoms with E-state index in [1.807, 2.05) is 6.07 Å². The van der Waals surface area contributed by atoms with Crippen molar-refractivity contribution in [2.24, 2.45) is 5.73 Å². The molecule has 0 aliphatic heterocycles. The van der Waals surface area contributed by atoms with Gasteiger partial charge in [0.1, 0.15) is 5.15 Å². The first kappa shape index (κ1) is 16.5. The number of aromatic nitrogens is 1. The number of carboxylic acids is 1. The Morgan fingerprint density at radius 2 is 1.81 bits per heavy atom. The summed E-state index contributed by atoms with van der Waals surface area (Å²) in [5, 5.41) is 11.5. The zero-order chi connectivity index (χ0) is 15.8. The highest BCUT2D eigenvalue weighted by atomic mass is 35.5. The van der Waals surface area contributed by atoms with Crippen LogP contribution in [-0.2, 0) is 0 Å². The summed E-state index contributed by atoms with van der Waals surface area (Å²) in [5.41, 5.74) is 5.91. The Bertz CT molecular complexity index is 633. The number of benzene rings is 1. The van der Waals surface area contributed by atoms with E-state index in [2.05, 4.69) is 10.3 Å². The number of anilines is 1. The molecule has 1 heterocycles. The molecule has 1 aromatic heterocycles. The van der Waals surface area contributed by atoms with Crippen LogP contribution >= 0.6 is 11.6 Å². The Kier molecular flexibility index (Phi) is 6.16. The van der Waals surface area contributed by atoms with Gasteiger partial charge in [-0.05, 0) is 24.3 Å². The molecule has 4 N–H and O–H groups in total. The minimum absolute atomic E-state index is 0.0648. The molecule has 6 nitrogen and oxygen atoms in total. The predicted molar refractivity (Wildman–Crippen MR) is 80.7 cm³/mol. The van der Waals surface area contributed by atoms with Gasteiger partial charge in [0.25, 0.3) is 0 Å². The molecule has 0 saturated heterocycles. The third kappa shape index (κ3) is 5.12. The second-order valence-electron chi connectivity index (χ2n) is 3.82.